The van der Waals surface area contributed by atoms with E-state index in [1.807, 2.05) is 0 Å². The van der Waals surface area contributed by atoms with Crippen molar-refractivity contribution >= 4 is 22.7 Å². The first-order valence-electron chi connectivity index (χ1n) is 11.7. The second kappa shape index (κ2) is 7.74. The maximum Gasteiger partial charge on any atom is 0.523 e. The number of aromatic nitrogens is 3. The van der Waals surface area contributed by atoms with Crippen molar-refractivity contribution in [2.75, 3.05) is 0 Å². The van der Waals surface area contributed by atoms with Gasteiger partial charge in [-0.3, -0.25) is 19.6 Å². The fraction of sp³-hybridized carbons (Fsp3) is 0.458. The van der Waals surface area contributed by atoms with Gasteiger partial charge in [0.2, 0.25) is 17.7 Å². The molecule has 0 unspecified atom stereocenters. The number of ether oxygens (including phenoxy) is 1. The third kappa shape index (κ3) is 3.84. The number of nitrogens with zero attached hydrogens (tertiary/aromatic N) is 3. The van der Waals surface area contributed by atoms with Gasteiger partial charge in [-0.1, -0.05) is 6.07 Å². The van der Waals surface area contributed by atoms with Crippen molar-refractivity contribution in [3.05, 3.63) is 53.4 Å². The average molecular weight is 540 g/mol. The molecule has 2 amide bonds. The Labute approximate surface area is 209 Å². The fourth-order valence-corrected chi connectivity index (χ4v) is 5.68. The maximum absolute atomic E-state index is 12.9. The number of nitrogens with one attached hydrogen (secondary N) is 1. The van der Waals surface area contributed by atoms with Gasteiger partial charge in [-0.25, -0.2) is 4.98 Å². The van der Waals surface area contributed by atoms with E-state index in [4.69, 9.17) is 4.42 Å². The molecule has 14 heteroatoms. The number of amides is 2. The zero-order valence-corrected chi connectivity index (χ0v) is 19.4. The fourth-order valence-electron chi connectivity index (χ4n) is 5.68. The first kappa shape index (κ1) is 24.8. The highest BCUT2D eigenvalue weighted by atomic mass is 19.4. The number of alkyl halides is 6. The summed E-state index contributed by atoms with van der Waals surface area (Å²) in [5.74, 6) is -1.44. The molecule has 1 aromatic carbocycles. The predicted molar refractivity (Wildman–Crippen MR) is 114 cm³/mol. The van der Waals surface area contributed by atoms with Gasteiger partial charge in [-0.15, -0.1) is 23.4 Å². The van der Waals surface area contributed by atoms with Gasteiger partial charge in [0, 0.05) is 5.39 Å². The summed E-state index contributed by atoms with van der Waals surface area (Å²) in [7, 11) is 0. The molecule has 2 heterocycles. The van der Waals surface area contributed by atoms with Gasteiger partial charge < -0.3 is 4.42 Å². The number of hydrogen-bond acceptors (Lipinski definition) is 7. The number of rotatable bonds is 5. The molecule has 4 aliphatic carbocycles. The Hall–Kier alpha value is -3.55. The summed E-state index contributed by atoms with van der Waals surface area (Å²) >= 11 is 0. The molecule has 3 aromatic rings. The van der Waals surface area contributed by atoms with Crippen molar-refractivity contribution in [3.63, 3.8) is 0 Å². The summed E-state index contributed by atoms with van der Waals surface area (Å²) in [5.41, 5.74) is -4.01. The van der Waals surface area contributed by atoms with Crippen molar-refractivity contribution in [1.82, 2.24) is 20.5 Å². The van der Waals surface area contributed by atoms with Crippen LogP contribution in [-0.4, -0.2) is 33.4 Å². The second-order valence-electron chi connectivity index (χ2n) is 10.3. The highest BCUT2D eigenvalue weighted by Crippen LogP contribution is 2.73. The summed E-state index contributed by atoms with van der Waals surface area (Å²) < 4.78 is 87.2. The van der Waals surface area contributed by atoms with Crippen LogP contribution in [0.2, 0.25) is 0 Å². The Bertz CT molecular complexity index is 1460. The highest BCUT2D eigenvalue weighted by Gasteiger charge is 2.74. The van der Waals surface area contributed by atoms with Crippen LogP contribution in [0.15, 0.2) is 34.7 Å². The quantitative estimate of drug-likeness (QED) is 0.361. The van der Waals surface area contributed by atoms with E-state index in [0.717, 1.165) is 18.2 Å². The van der Waals surface area contributed by atoms with Crippen molar-refractivity contribution in [2.24, 2.45) is 5.41 Å². The van der Waals surface area contributed by atoms with Crippen molar-refractivity contribution in [2.45, 2.75) is 62.1 Å². The lowest BCUT2D eigenvalue weighted by Crippen LogP contribution is -2.70. The molecule has 0 radical (unpaired) electrons. The number of carbonyl (C=O) groups excluding carboxylic acids is 2. The molecule has 7 rings (SSSR count). The molecule has 0 saturated heterocycles. The number of carbonyl (C=O) groups is 2. The van der Waals surface area contributed by atoms with Gasteiger partial charge in [0.05, 0.1) is 21.9 Å². The van der Waals surface area contributed by atoms with E-state index in [2.05, 4.69) is 25.2 Å². The van der Waals surface area contributed by atoms with Gasteiger partial charge in [0.25, 0.3) is 5.91 Å². The summed E-state index contributed by atoms with van der Waals surface area (Å²) in [6, 6.07) is 5.47. The zero-order valence-electron chi connectivity index (χ0n) is 19.4. The zero-order chi connectivity index (χ0) is 27.1. The summed E-state index contributed by atoms with van der Waals surface area (Å²) in [6.07, 6.45) is -7.82. The molecule has 4 saturated carbocycles. The minimum Gasteiger partial charge on any atom is -0.421 e. The van der Waals surface area contributed by atoms with E-state index >= 15 is 0 Å². The molecule has 38 heavy (non-hydrogen) atoms. The highest BCUT2D eigenvalue weighted by molar-refractivity contribution is 6.07. The predicted octanol–water partition coefficient (Wildman–Crippen LogP) is 4.93. The molecule has 0 atom stereocenters. The molecule has 4 fully saturated rings. The average Bonchev–Trinajstić information content (AvgIpc) is 3.22. The molecule has 4 aliphatic rings. The van der Waals surface area contributed by atoms with E-state index in [-0.39, 0.29) is 60.5 Å². The van der Waals surface area contributed by atoms with Crippen molar-refractivity contribution in [1.29, 1.82) is 0 Å². The Kier molecular flexibility index (Phi) is 5.05. The maximum atomic E-state index is 12.9. The first-order valence-corrected chi connectivity index (χ1v) is 11.7. The number of halogens is 6. The second-order valence-corrected chi connectivity index (χ2v) is 10.3. The minimum absolute atomic E-state index is 0.0991. The lowest BCUT2D eigenvalue weighted by Gasteiger charge is -2.67. The van der Waals surface area contributed by atoms with Crippen molar-refractivity contribution in [3.8, 4) is 0 Å². The number of pyridine rings is 1. The molecule has 0 aliphatic heterocycles. The Morgan fingerprint density at radius 2 is 1.63 bits per heavy atom. The molecule has 200 valence electrons. The number of benzene rings is 1. The SMILES string of the molecule is O=C(NC(=O)C12CC(c3nnc(C4(OC(F)(F)F)CCC4)o3)(C1)C2)c1ccc2cc(C(F)(F)F)ccc2n1. The Balaban J connectivity index is 1.11. The number of hydrogen-bond donors (Lipinski definition) is 1. The third-order valence-electron chi connectivity index (χ3n) is 7.73. The minimum atomic E-state index is -4.86. The summed E-state index contributed by atoms with van der Waals surface area (Å²) in [4.78, 5) is 29.5. The molecule has 8 nitrogen and oxygen atoms in total. The largest absolute Gasteiger partial charge is 0.523 e. The van der Waals surface area contributed by atoms with E-state index in [9.17, 15) is 35.9 Å². The molecule has 2 bridgehead atoms. The first-order chi connectivity index (χ1) is 17.7. The van der Waals surface area contributed by atoms with E-state index < -0.39 is 46.3 Å². The Morgan fingerprint density at radius 1 is 0.947 bits per heavy atom. The summed E-state index contributed by atoms with van der Waals surface area (Å²) in [5, 5.41) is 10.2. The lowest BCUT2D eigenvalue weighted by atomic mass is 9.34. The molecule has 1 N–H and O–H groups in total. The molecular formula is C24H18F6N4O4. The molecule has 2 aromatic heterocycles. The van der Waals surface area contributed by atoms with Crippen LogP contribution in [0.3, 0.4) is 0 Å². The molecule has 0 spiro atoms. The van der Waals surface area contributed by atoms with Crippen LogP contribution in [0.25, 0.3) is 10.9 Å². The van der Waals surface area contributed by atoms with Crippen LogP contribution in [0.4, 0.5) is 26.3 Å². The van der Waals surface area contributed by atoms with Crippen LogP contribution in [0, 0.1) is 5.41 Å². The van der Waals surface area contributed by atoms with E-state index in [1.54, 1.807) is 0 Å². The number of fused-ring (bicyclic) bond motifs is 1. The summed E-state index contributed by atoms with van der Waals surface area (Å²) in [6.45, 7) is 0. The number of imide groups is 1. The van der Waals surface area contributed by atoms with Gasteiger partial charge in [0.15, 0.2) is 5.60 Å². The van der Waals surface area contributed by atoms with Crippen LogP contribution in [-0.2, 0) is 26.7 Å². The van der Waals surface area contributed by atoms with E-state index in [1.165, 1.54) is 12.1 Å². The van der Waals surface area contributed by atoms with Gasteiger partial charge in [0.1, 0.15) is 5.69 Å². The van der Waals surface area contributed by atoms with Gasteiger partial charge in [-0.2, -0.15) is 13.2 Å². The van der Waals surface area contributed by atoms with Crippen molar-refractivity contribution < 1.29 is 45.1 Å². The smallest absolute Gasteiger partial charge is 0.421 e. The third-order valence-corrected chi connectivity index (χ3v) is 7.73. The van der Waals surface area contributed by atoms with Crippen LogP contribution < -0.4 is 5.32 Å². The van der Waals surface area contributed by atoms with E-state index in [0.29, 0.717) is 6.42 Å². The standard InChI is InChI=1S/C24H18F6N4O4/c25-23(26,27)13-3-5-14-12(8-13)2-4-15(31-14)16(35)32-17(36)20-9-21(10-20,11-20)18-33-34-19(37-18)22(6-1-7-22)38-24(28,29)30/h2-5,8H,1,6-7,9-11H2,(H,32,35,36). The Morgan fingerprint density at radius 3 is 2.24 bits per heavy atom. The van der Waals surface area contributed by atoms with Crippen LogP contribution in [0.1, 0.15) is 66.4 Å². The van der Waals surface area contributed by atoms with Gasteiger partial charge >= 0.3 is 12.5 Å². The lowest BCUT2D eigenvalue weighted by molar-refractivity contribution is -0.387. The van der Waals surface area contributed by atoms with Gasteiger partial charge in [-0.05, 0) is 62.8 Å². The van der Waals surface area contributed by atoms with Crippen LogP contribution in [0.5, 0.6) is 0 Å². The van der Waals surface area contributed by atoms with Crippen LogP contribution >= 0.6 is 0 Å². The molecular weight excluding hydrogens is 522 g/mol. The topological polar surface area (TPSA) is 107 Å². The normalized spacial score (nSPS) is 25.7. The monoisotopic (exact) mass is 540 g/mol.